The highest BCUT2D eigenvalue weighted by atomic mass is 15.0. The van der Waals surface area contributed by atoms with Crippen molar-refractivity contribution < 1.29 is 0 Å². The number of fused-ring (bicyclic) bond motifs is 3. The summed E-state index contributed by atoms with van der Waals surface area (Å²) < 4.78 is 2.50. The van der Waals surface area contributed by atoms with Crippen LogP contribution in [0.4, 0.5) is 0 Å². The molecule has 0 aliphatic heterocycles. The molecule has 0 bridgehead atoms. The van der Waals surface area contributed by atoms with Gasteiger partial charge in [0.2, 0.25) is 0 Å². The van der Waals surface area contributed by atoms with Crippen LogP contribution in [0.1, 0.15) is 54.6 Å². The topological polar surface area (TPSA) is 30.9 Å². The van der Waals surface area contributed by atoms with Gasteiger partial charge in [-0.15, -0.1) is 0 Å². The first-order valence-corrected chi connectivity index (χ1v) is 12.6. The number of rotatable bonds is 6. The second-order valence-corrected chi connectivity index (χ2v) is 9.62. The molecule has 0 radical (unpaired) electrons. The molecule has 1 unspecified atom stereocenters. The van der Waals surface area contributed by atoms with Crippen LogP contribution in [0.3, 0.4) is 0 Å². The maximum atomic E-state index is 6.00. The molecule has 3 aromatic carbocycles. The largest absolute Gasteiger partial charge is 0.404 e. The van der Waals surface area contributed by atoms with E-state index < -0.39 is 0 Å². The van der Waals surface area contributed by atoms with Gasteiger partial charge in [-0.3, -0.25) is 0 Å². The zero-order valence-electron chi connectivity index (χ0n) is 20.3. The minimum Gasteiger partial charge on any atom is -0.404 e. The van der Waals surface area contributed by atoms with Crippen molar-refractivity contribution >= 4 is 22.6 Å². The maximum Gasteiger partial charge on any atom is 0.0534 e. The molecule has 2 N–H and O–H groups in total. The van der Waals surface area contributed by atoms with Crippen LogP contribution in [0.25, 0.3) is 28.2 Å². The zero-order valence-corrected chi connectivity index (χ0v) is 20.3. The van der Waals surface area contributed by atoms with Crippen LogP contribution < -0.4 is 5.73 Å². The summed E-state index contributed by atoms with van der Waals surface area (Å²) in [7, 11) is 0. The minimum absolute atomic E-state index is 0.748. The van der Waals surface area contributed by atoms with E-state index in [0.717, 1.165) is 29.9 Å². The number of benzene rings is 3. The van der Waals surface area contributed by atoms with Crippen LogP contribution >= 0.6 is 0 Å². The highest BCUT2D eigenvalue weighted by Crippen LogP contribution is 2.37. The summed E-state index contributed by atoms with van der Waals surface area (Å²) in [6, 6.07) is 26.3. The third kappa shape index (κ3) is 4.33. The Bertz CT molecular complexity index is 1340. The Morgan fingerprint density at radius 2 is 1.82 bits per heavy atom. The third-order valence-electron chi connectivity index (χ3n) is 7.10. The minimum atomic E-state index is 0.748. The molecule has 172 valence electrons. The van der Waals surface area contributed by atoms with Crippen molar-refractivity contribution in [1.29, 1.82) is 0 Å². The standard InChI is InChI=1S/C32H34N2/c1-3-7-25-12-19-32-30(21-25)29-20-23(2)10-18-31(29)34(32)28-16-14-26(15-17-28)27(22-33)13-11-24-8-5-4-6-9-24/h4-6,8-9,11-17,19,21-23H,3,7,10,18,20,33H2,1-2H3/b13-11-,27-22+. The molecule has 2 nitrogen and oxygen atoms in total. The first kappa shape index (κ1) is 22.3. The van der Waals surface area contributed by atoms with E-state index in [-0.39, 0.29) is 0 Å². The molecule has 1 heterocycles. The Morgan fingerprint density at radius 1 is 1.03 bits per heavy atom. The average molecular weight is 447 g/mol. The van der Waals surface area contributed by atoms with E-state index in [2.05, 4.69) is 85.2 Å². The van der Waals surface area contributed by atoms with Gasteiger partial charge in [0.1, 0.15) is 0 Å². The van der Waals surface area contributed by atoms with E-state index in [1.807, 2.05) is 18.2 Å². The molecule has 0 saturated carbocycles. The molecule has 1 aliphatic carbocycles. The van der Waals surface area contributed by atoms with Gasteiger partial charge in [-0.25, -0.2) is 0 Å². The van der Waals surface area contributed by atoms with Crippen LogP contribution in [0.15, 0.2) is 85.1 Å². The molecular weight excluding hydrogens is 412 g/mol. The summed E-state index contributed by atoms with van der Waals surface area (Å²) in [5.74, 6) is 0.748. The molecule has 0 fully saturated rings. The van der Waals surface area contributed by atoms with Gasteiger partial charge < -0.3 is 10.3 Å². The van der Waals surface area contributed by atoms with Gasteiger partial charge in [-0.1, -0.05) is 81.0 Å². The van der Waals surface area contributed by atoms with E-state index in [1.165, 1.54) is 52.7 Å². The number of hydrogen-bond donors (Lipinski definition) is 1. The van der Waals surface area contributed by atoms with Crippen molar-refractivity contribution in [3.8, 4) is 5.69 Å². The van der Waals surface area contributed by atoms with E-state index in [9.17, 15) is 0 Å². The van der Waals surface area contributed by atoms with Gasteiger partial charge in [-0.05, 0) is 83.7 Å². The Kier molecular flexibility index (Phi) is 6.40. The molecule has 4 aromatic rings. The number of nitrogens with zero attached hydrogens (tertiary/aromatic N) is 1. The Labute approximate surface area is 203 Å². The summed E-state index contributed by atoms with van der Waals surface area (Å²) in [5, 5.41) is 1.45. The van der Waals surface area contributed by atoms with Crippen molar-refractivity contribution in [2.45, 2.75) is 46.0 Å². The lowest BCUT2D eigenvalue weighted by Crippen LogP contribution is -2.13. The number of nitrogens with two attached hydrogens (primary N) is 1. The van der Waals surface area contributed by atoms with Crippen LogP contribution in [-0.2, 0) is 19.3 Å². The lowest BCUT2D eigenvalue weighted by Gasteiger charge is -2.21. The smallest absolute Gasteiger partial charge is 0.0534 e. The van der Waals surface area contributed by atoms with Crippen molar-refractivity contribution in [1.82, 2.24) is 4.57 Å². The maximum absolute atomic E-state index is 6.00. The third-order valence-corrected chi connectivity index (χ3v) is 7.10. The van der Waals surface area contributed by atoms with Crippen molar-refractivity contribution in [2.24, 2.45) is 11.7 Å². The molecule has 0 spiro atoms. The van der Waals surface area contributed by atoms with Crippen LogP contribution in [0, 0.1) is 5.92 Å². The second-order valence-electron chi connectivity index (χ2n) is 9.62. The molecular formula is C32H34N2. The van der Waals surface area contributed by atoms with E-state index >= 15 is 0 Å². The Balaban J connectivity index is 1.52. The van der Waals surface area contributed by atoms with Gasteiger partial charge in [0.05, 0.1) is 5.52 Å². The van der Waals surface area contributed by atoms with Gasteiger partial charge in [0, 0.05) is 23.0 Å². The van der Waals surface area contributed by atoms with Crippen LogP contribution in [-0.4, -0.2) is 4.57 Å². The van der Waals surface area contributed by atoms with Crippen molar-refractivity contribution in [3.05, 3.63) is 113 Å². The predicted molar refractivity (Wildman–Crippen MR) is 146 cm³/mol. The number of aromatic nitrogens is 1. The number of aryl methyl sites for hydroxylation is 1. The lowest BCUT2D eigenvalue weighted by atomic mass is 9.87. The highest BCUT2D eigenvalue weighted by molar-refractivity contribution is 5.88. The normalized spacial score (nSPS) is 16.3. The predicted octanol–water partition coefficient (Wildman–Crippen LogP) is 7.72. The molecule has 0 saturated heterocycles. The lowest BCUT2D eigenvalue weighted by molar-refractivity contribution is 0.495. The van der Waals surface area contributed by atoms with Crippen LogP contribution in [0.2, 0.25) is 0 Å². The summed E-state index contributed by atoms with van der Waals surface area (Å²) >= 11 is 0. The molecule has 1 aliphatic rings. The second kappa shape index (κ2) is 9.77. The van der Waals surface area contributed by atoms with Crippen molar-refractivity contribution in [2.75, 3.05) is 0 Å². The van der Waals surface area contributed by atoms with E-state index in [1.54, 1.807) is 11.8 Å². The van der Waals surface area contributed by atoms with E-state index in [4.69, 9.17) is 5.73 Å². The van der Waals surface area contributed by atoms with Gasteiger partial charge in [0.25, 0.3) is 0 Å². The number of hydrogen-bond acceptors (Lipinski definition) is 1. The average Bonchev–Trinajstić information content (AvgIpc) is 3.18. The van der Waals surface area contributed by atoms with Crippen LogP contribution in [0.5, 0.6) is 0 Å². The molecule has 34 heavy (non-hydrogen) atoms. The fourth-order valence-corrected chi connectivity index (χ4v) is 5.32. The molecule has 2 heteroatoms. The van der Waals surface area contributed by atoms with Crippen molar-refractivity contribution in [3.63, 3.8) is 0 Å². The summed E-state index contributed by atoms with van der Waals surface area (Å²) in [4.78, 5) is 0. The fraction of sp³-hybridized carbons (Fsp3) is 0.250. The first-order valence-electron chi connectivity index (χ1n) is 12.6. The SMILES string of the molecule is CCCc1ccc2c(c1)c1c(n2-c2ccc(C(/C=C\c3ccccc3)=C/N)cc2)CCC(C)C1. The Morgan fingerprint density at radius 3 is 2.56 bits per heavy atom. The quantitative estimate of drug-likeness (QED) is 0.302. The highest BCUT2D eigenvalue weighted by Gasteiger charge is 2.24. The summed E-state index contributed by atoms with van der Waals surface area (Å²) in [6.07, 6.45) is 11.8. The monoisotopic (exact) mass is 446 g/mol. The van der Waals surface area contributed by atoms with E-state index in [0.29, 0.717) is 0 Å². The number of allylic oxidation sites excluding steroid dienone is 2. The summed E-state index contributed by atoms with van der Waals surface area (Å²) in [6.45, 7) is 4.65. The molecule has 1 atom stereocenters. The van der Waals surface area contributed by atoms with Gasteiger partial charge in [0.15, 0.2) is 0 Å². The van der Waals surface area contributed by atoms with Gasteiger partial charge >= 0.3 is 0 Å². The zero-order chi connectivity index (χ0) is 23.5. The van der Waals surface area contributed by atoms with Gasteiger partial charge in [-0.2, -0.15) is 0 Å². The molecule has 5 rings (SSSR count). The fourth-order valence-electron chi connectivity index (χ4n) is 5.32. The summed E-state index contributed by atoms with van der Waals surface area (Å²) in [5.41, 5.74) is 16.4. The molecule has 1 aromatic heterocycles. The Hall–Kier alpha value is -3.52. The molecule has 0 amide bonds. The first-order chi connectivity index (χ1) is 16.7.